The van der Waals surface area contributed by atoms with Crippen molar-refractivity contribution in [2.45, 2.75) is 6.54 Å². The smallest absolute Gasteiger partial charge is 0.320 e. The number of rotatable bonds is 6. The highest BCUT2D eigenvalue weighted by molar-refractivity contribution is 7.22. The fraction of sp³-hybridized carbons (Fsp3) is 0.150. The van der Waals surface area contributed by atoms with Gasteiger partial charge in [-0.3, -0.25) is 14.7 Å². The number of carbonyl (C=O) groups excluding carboxylic acids is 1. The summed E-state index contributed by atoms with van der Waals surface area (Å²) in [6.07, 6.45) is 3.41. The van der Waals surface area contributed by atoms with Gasteiger partial charge in [0.25, 0.3) is 5.91 Å². The molecule has 0 radical (unpaired) electrons. The molecule has 3 aromatic heterocycles. The number of nitrogens with zero attached hydrogens (tertiary/aromatic N) is 5. The zero-order chi connectivity index (χ0) is 20.2. The van der Waals surface area contributed by atoms with Gasteiger partial charge in [-0.1, -0.05) is 29.5 Å². The monoisotopic (exact) mass is 407 g/mol. The lowest BCUT2D eigenvalue weighted by Crippen LogP contribution is -2.31. The van der Waals surface area contributed by atoms with E-state index in [1.807, 2.05) is 36.4 Å². The highest BCUT2D eigenvalue weighted by Crippen LogP contribution is 2.31. The van der Waals surface area contributed by atoms with Crippen LogP contribution in [0.2, 0.25) is 0 Å². The number of amides is 1. The van der Waals surface area contributed by atoms with Crippen molar-refractivity contribution in [3.63, 3.8) is 0 Å². The SMILES string of the molecule is COc1cc(C(=O)N(Cc2cccnc2)c2nc3ccccc3s2)nc(OC)n1. The van der Waals surface area contributed by atoms with Crippen LogP contribution in [0.3, 0.4) is 0 Å². The number of thiazole rings is 1. The van der Waals surface area contributed by atoms with E-state index in [1.54, 1.807) is 17.3 Å². The summed E-state index contributed by atoms with van der Waals surface area (Å²) < 4.78 is 11.3. The van der Waals surface area contributed by atoms with Crippen LogP contribution in [0.1, 0.15) is 16.1 Å². The number of carbonyl (C=O) groups is 1. The number of pyridine rings is 1. The van der Waals surface area contributed by atoms with Gasteiger partial charge in [-0.25, -0.2) is 4.98 Å². The maximum atomic E-state index is 13.4. The maximum Gasteiger partial charge on any atom is 0.320 e. The molecule has 3 heterocycles. The summed E-state index contributed by atoms with van der Waals surface area (Å²) in [4.78, 5) is 32.0. The minimum atomic E-state index is -0.341. The van der Waals surface area contributed by atoms with Crippen molar-refractivity contribution >= 4 is 32.6 Å². The normalized spacial score (nSPS) is 10.7. The minimum absolute atomic E-state index is 0.0540. The Morgan fingerprint density at radius 2 is 1.93 bits per heavy atom. The zero-order valence-corrected chi connectivity index (χ0v) is 16.6. The predicted molar refractivity (Wildman–Crippen MR) is 110 cm³/mol. The largest absolute Gasteiger partial charge is 0.481 e. The quantitative estimate of drug-likeness (QED) is 0.484. The van der Waals surface area contributed by atoms with Crippen molar-refractivity contribution in [2.75, 3.05) is 19.1 Å². The van der Waals surface area contributed by atoms with Crippen molar-refractivity contribution in [1.82, 2.24) is 19.9 Å². The second kappa shape index (κ2) is 8.19. The van der Waals surface area contributed by atoms with Gasteiger partial charge in [0.15, 0.2) is 5.13 Å². The zero-order valence-electron chi connectivity index (χ0n) is 15.8. The summed E-state index contributed by atoms with van der Waals surface area (Å²) in [5, 5.41) is 0.566. The number of aromatic nitrogens is 4. The van der Waals surface area contributed by atoms with Gasteiger partial charge in [-0.15, -0.1) is 0 Å². The number of methoxy groups -OCH3 is 2. The summed E-state index contributed by atoms with van der Waals surface area (Å²) in [7, 11) is 2.90. The summed E-state index contributed by atoms with van der Waals surface area (Å²) >= 11 is 1.44. The molecule has 8 nitrogen and oxygen atoms in total. The van der Waals surface area contributed by atoms with Gasteiger partial charge in [0, 0.05) is 18.5 Å². The average molecular weight is 407 g/mol. The van der Waals surface area contributed by atoms with E-state index in [0.29, 0.717) is 11.7 Å². The molecule has 0 atom stereocenters. The first kappa shape index (κ1) is 18.8. The second-order valence-electron chi connectivity index (χ2n) is 6.00. The number of fused-ring (bicyclic) bond motifs is 1. The molecule has 29 heavy (non-hydrogen) atoms. The molecule has 146 valence electrons. The third-order valence-corrected chi connectivity index (χ3v) is 5.17. The molecule has 4 rings (SSSR count). The molecule has 0 saturated heterocycles. The number of hydrogen-bond donors (Lipinski definition) is 0. The number of hydrogen-bond acceptors (Lipinski definition) is 8. The van der Waals surface area contributed by atoms with Gasteiger partial charge in [0.2, 0.25) is 5.88 Å². The molecule has 1 aromatic carbocycles. The van der Waals surface area contributed by atoms with E-state index in [0.717, 1.165) is 15.8 Å². The molecular formula is C20H17N5O3S. The highest BCUT2D eigenvalue weighted by atomic mass is 32.1. The fourth-order valence-electron chi connectivity index (χ4n) is 2.72. The Kier molecular flexibility index (Phi) is 5.30. The van der Waals surface area contributed by atoms with E-state index in [-0.39, 0.29) is 23.5 Å². The molecule has 0 spiro atoms. The minimum Gasteiger partial charge on any atom is -0.481 e. The van der Waals surface area contributed by atoms with Crippen molar-refractivity contribution in [2.24, 2.45) is 0 Å². The summed E-state index contributed by atoms with van der Waals surface area (Å²) in [5.41, 5.74) is 1.85. The van der Waals surface area contributed by atoms with E-state index in [9.17, 15) is 4.79 Å². The van der Waals surface area contributed by atoms with Crippen LogP contribution in [0.5, 0.6) is 11.9 Å². The van der Waals surface area contributed by atoms with Crippen molar-refractivity contribution in [1.29, 1.82) is 0 Å². The van der Waals surface area contributed by atoms with Crippen molar-refractivity contribution in [3.8, 4) is 11.9 Å². The van der Waals surface area contributed by atoms with Gasteiger partial charge < -0.3 is 9.47 Å². The number of ether oxygens (including phenoxy) is 2. The first-order chi connectivity index (χ1) is 14.2. The third kappa shape index (κ3) is 3.99. The van der Waals surface area contributed by atoms with Gasteiger partial charge >= 0.3 is 6.01 Å². The third-order valence-electron chi connectivity index (χ3n) is 4.12. The van der Waals surface area contributed by atoms with Crippen LogP contribution in [0.15, 0.2) is 54.9 Å². The first-order valence-corrected chi connectivity index (χ1v) is 9.53. The molecule has 4 aromatic rings. The Morgan fingerprint density at radius 3 is 2.66 bits per heavy atom. The molecule has 9 heteroatoms. The standard InChI is InChI=1S/C20H17N5O3S/c1-27-17-10-15(22-19(24-17)28-2)18(26)25(12-13-6-5-9-21-11-13)20-23-14-7-3-4-8-16(14)29-20/h3-11H,12H2,1-2H3. The van der Waals surface area contributed by atoms with Crippen LogP contribution in [-0.2, 0) is 6.54 Å². The number of anilines is 1. The van der Waals surface area contributed by atoms with Gasteiger partial charge in [-0.2, -0.15) is 9.97 Å². The lowest BCUT2D eigenvalue weighted by Gasteiger charge is -2.19. The predicted octanol–water partition coefficient (Wildman–Crippen LogP) is 3.35. The van der Waals surface area contributed by atoms with Crippen LogP contribution >= 0.6 is 11.3 Å². The van der Waals surface area contributed by atoms with Crippen LogP contribution in [-0.4, -0.2) is 40.1 Å². The Morgan fingerprint density at radius 1 is 1.07 bits per heavy atom. The Bertz CT molecular complexity index is 1090. The van der Waals surface area contributed by atoms with Gasteiger partial charge in [0.1, 0.15) is 5.69 Å². The van der Waals surface area contributed by atoms with Crippen LogP contribution < -0.4 is 14.4 Å². The summed E-state index contributed by atoms with van der Waals surface area (Å²) in [6.45, 7) is 0.293. The number of benzene rings is 1. The van der Waals surface area contributed by atoms with Gasteiger partial charge in [0.05, 0.1) is 31.0 Å². The fourth-order valence-corrected chi connectivity index (χ4v) is 3.69. The van der Waals surface area contributed by atoms with Crippen LogP contribution in [0.4, 0.5) is 5.13 Å². The van der Waals surface area contributed by atoms with E-state index in [1.165, 1.54) is 31.6 Å². The number of para-hydroxylation sites is 1. The lowest BCUT2D eigenvalue weighted by molar-refractivity contribution is 0.0978. The van der Waals surface area contributed by atoms with Crippen LogP contribution in [0.25, 0.3) is 10.2 Å². The molecule has 0 aliphatic carbocycles. The first-order valence-electron chi connectivity index (χ1n) is 8.71. The molecule has 0 bridgehead atoms. The highest BCUT2D eigenvalue weighted by Gasteiger charge is 2.24. The summed E-state index contributed by atoms with van der Waals surface area (Å²) in [6, 6.07) is 13.0. The van der Waals surface area contributed by atoms with Gasteiger partial charge in [-0.05, 0) is 23.8 Å². The molecule has 0 aliphatic rings. The van der Waals surface area contributed by atoms with E-state index in [2.05, 4.69) is 19.9 Å². The Labute approximate surface area is 170 Å². The average Bonchev–Trinajstić information content (AvgIpc) is 3.21. The second-order valence-corrected chi connectivity index (χ2v) is 7.01. The van der Waals surface area contributed by atoms with E-state index < -0.39 is 0 Å². The summed E-state index contributed by atoms with van der Waals surface area (Å²) in [5.74, 6) is -0.0993. The van der Waals surface area contributed by atoms with E-state index in [4.69, 9.17) is 9.47 Å². The molecule has 0 unspecified atom stereocenters. The lowest BCUT2D eigenvalue weighted by atomic mass is 10.2. The van der Waals surface area contributed by atoms with Crippen LogP contribution in [0, 0.1) is 0 Å². The van der Waals surface area contributed by atoms with E-state index >= 15 is 0 Å². The molecule has 0 aliphatic heterocycles. The molecule has 0 N–H and O–H groups in total. The molecule has 0 saturated carbocycles. The molecule has 1 amide bonds. The molecule has 0 fully saturated rings. The maximum absolute atomic E-state index is 13.4. The van der Waals surface area contributed by atoms with Crippen molar-refractivity contribution in [3.05, 3.63) is 66.1 Å². The topological polar surface area (TPSA) is 90.3 Å². The van der Waals surface area contributed by atoms with Crippen molar-refractivity contribution < 1.29 is 14.3 Å². The Hall–Kier alpha value is -3.59. The Balaban J connectivity index is 1.78. The molecular weight excluding hydrogens is 390 g/mol.